The first-order valence-electron chi connectivity index (χ1n) is 11.9. The van der Waals surface area contributed by atoms with Crippen molar-refractivity contribution in [2.45, 2.75) is 43.9 Å². The SMILES string of the molecule is CCOC(=O)C(Cc1ccccc1)NC(=O)C1(NC(=O)c2cc([N+](=O)[O-])cc(C(F)(F)F)c2)CCNCC1. The summed E-state index contributed by atoms with van der Waals surface area (Å²) in [4.78, 5) is 49.4. The Hall–Kier alpha value is -4.00. The van der Waals surface area contributed by atoms with Gasteiger partial charge in [0.05, 0.1) is 17.1 Å². The number of nitrogens with zero attached hydrogens (tertiary/aromatic N) is 1. The molecule has 0 aromatic heterocycles. The third-order valence-electron chi connectivity index (χ3n) is 6.12. The molecule has 2 aromatic carbocycles. The molecule has 10 nitrogen and oxygen atoms in total. The van der Waals surface area contributed by atoms with Crippen LogP contribution in [0.2, 0.25) is 0 Å². The maximum Gasteiger partial charge on any atom is 0.416 e. The van der Waals surface area contributed by atoms with Crippen molar-refractivity contribution in [3.05, 3.63) is 75.3 Å². The lowest BCUT2D eigenvalue weighted by molar-refractivity contribution is -0.385. The molecule has 1 saturated heterocycles. The summed E-state index contributed by atoms with van der Waals surface area (Å²) in [6.45, 7) is 2.26. The number of alkyl halides is 3. The fourth-order valence-electron chi connectivity index (χ4n) is 4.15. The molecule has 2 amide bonds. The van der Waals surface area contributed by atoms with Crippen molar-refractivity contribution < 1.29 is 37.2 Å². The molecule has 1 aliphatic heterocycles. The van der Waals surface area contributed by atoms with Gasteiger partial charge in [-0.05, 0) is 44.5 Å². The monoisotopic (exact) mass is 536 g/mol. The summed E-state index contributed by atoms with van der Waals surface area (Å²) in [5, 5.41) is 19.4. The summed E-state index contributed by atoms with van der Waals surface area (Å²) in [7, 11) is 0. The van der Waals surface area contributed by atoms with Crippen LogP contribution in [-0.4, -0.2) is 54.0 Å². The van der Waals surface area contributed by atoms with Gasteiger partial charge in [0.1, 0.15) is 11.6 Å². The third-order valence-corrected chi connectivity index (χ3v) is 6.12. The highest BCUT2D eigenvalue weighted by atomic mass is 19.4. The maximum absolute atomic E-state index is 13.5. The minimum atomic E-state index is -4.94. The number of hydrogen-bond acceptors (Lipinski definition) is 7. The summed E-state index contributed by atoms with van der Waals surface area (Å²) in [6, 6.07) is 9.30. The zero-order valence-corrected chi connectivity index (χ0v) is 20.5. The lowest BCUT2D eigenvalue weighted by Gasteiger charge is -2.38. The van der Waals surface area contributed by atoms with E-state index in [4.69, 9.17) is 4.74 Å². The standard InChI is InChI=1S/C25H27F3N4O6/c1-2-38-22(34)20(12-16-6-4-3-5-7-16)30-23(35)24(8-10-29-11-9-24)31-21(33)17-13-18(25(26,27)28)15-19(14-17)32(36)37/h3-7,13-15,20,29H,2,8-12H2,1H3,(H,30,35)(H,31,33). The smallest absolute Gasteiger partial charge is 0.416 e. The zero-order valence-electron chi connectivity index (χ0n) is 20.5. The number of rotatable bonds is 9. The number of ether oxygens (including phenoxy) is 1. The van der Waals surface area contributed by atoms with E-state index in [0.717, 1.165) is 5.56 Å². The second-order valence-corrected chi connectivity index (χ2v) is 8.78. The molecule has 0 spiro atoms. The Kier molecular flexibility index (Phi) is 9.04. The van der Waals surface area contributed by atoms with E-state index in [1.54, 1.807) is 37.3 Å². The molecule has 204 valence electrons. The fourth-order valence-corrected chi connectivity index (χ4v) is 4.15. The number of nitrogens with one attached hydrogen (secondary N) is 3. The van der Waals surface area contributed by atoms with E-state index in [-0.39, 0.29) is 25.9 Å². The van der Waals surface area contributed by atoms with Crippen molar-refractivity contribution in [2.24, 2.45) is 0 Å². The van der Waals surface area contributed by atoms with Gasteiger partial charge in [0.2, 0.25) is 5.91 Å². The van der Waals surface area contributed by atoms with Crippen LogP contribution in [-0.2, 0) is 26.9 Å². The number of nitro groups is 1. The highest BCUT2D eigenvalue weighted by Gasteiger charge is 2.43. The largest absolute Gasteiger partial charge is 0.464 e. The van der Waals surface area contributed by atoms with Crippen LogP contribution in [0.5, 0.6) is 0 Å². The molecule has 1 heterocycles. The van der Waals surface area contributed by atoms with Gasteiger partial charge in [-0.3, -0.25) is 19.7 Å². The predicted octanol–water partition coefficient (Wildman–Crippen LogP) is 2.76. The van der Waals surface area contributed by atoms with Crippen molar-refractivity contribution in [3.63, 3.8) is 0 Å². The lowest BCUT2D eigenvalue weighted by atomic mass is 9.86. The first-order chi connectivity index (χ1) is 17.9. The molecule has 0 bridgehead atoms. The number of amides is 2. The second kappa shape index (κ2) is 12.0. The molecule has 0 saturated carbocycles. The van der Waals surface area contributed by atoms with Crippen LogP contribution in [0.3, 0.4) is 0 Å². The average molecular weight is 537 g/mol. The van der Waals surface area contributed by atoms with Gasteiger partial charge in [0, 0.05) is 24.1 Å². The fraction of sp³-hybridized carbons (Fsp3) is 0.400. The lowest BCUT2D eigenvalue weighted by Crippen LogP contribution is -2.64. The molecule has 1 fully saturated rings. The predicted molar refractivity (Wildman–Crippen MR) is 129 cm³/mol. The number of esters is 1. The Labute approximate surface area is 216 Å². The Morgan fingerprint density at radius 1 is 1.13 bits per heavy atom. The number of hydrogen-bond donors (Lipinski definition) is 3. The minimum absolute atomic E-state index is 0.0620. The minimum Gasteiger partial charge on any atom is -0.464 e. The first-order valence-corrected chi connectivity index (χ1v) is 11.9. The summed E-state index contributed by atoms with van der Waals surface area (Å²) >= 11 is 0. The number of piperidine rings is 1. The molecular weight excluding hydrogens is 509 g/mol. The molecular formula is C25H27F3N4O6. The van der Waals surface area contributed by atoms with E-state index in [9.17, 15) is 37.7 Å². The van der Waals surface area contributed by atoms with Gasteiger partial charge < -0.3 is 20.7 Å². The number of benzene rings is 2. The summed E-state index contributed by atoms with van der Waals surface area (Å²) < 4.78 is 45.1. The van der Waals surface area contributed by atoms with E-state index < -0.39 is 57.3 Å². The van der Waals surface area contributed by atoms with Crippen LogP contribution >= 0.6 is 0 Å². The van der Waals surface area contributed by atoms with Gasteiger partial charge in [0.25, 0.3) is 11.6 Å². The molecule has 1 unspecified atom stereocenters. The van der Waals surface area contributed by atoms with Crippen LogP contribution in [0.15, 0.2) is 48.5 Å². The normalized spacial score (nSPS) is 15.7. The third kappa shape index (κ3) is 7.06. The number of nitro benzene ring substituents is 1. The van der Waals surface area contributed by atoms with Gasteiger partial charge in [-0.15, -0.1) is 0 Å². The average Bonchev–Trinajstić information content (AvgIpc) is 2.88. The highest BCUT2D eigenvalue weighted by molar-refractivity contribution is 6.00. The van der Waals surface area contributed by atoms with Crippen molar-refractivity contribution in [2.75, 3.05) is 19.7 Å². The van der Waals surface area contributed by atoms with Gasteiger partial charge in [-0.1, -0.05) is 30.3 Å². The number of halogens is 3. The zero-order chi connectivity index (χ0) is 27.9. The van der Waals surface area contributed by atoms with Crippen molar-refractivity contribution >= 4 is 23.5 Å². The number of carbonyl (C=O) groups is 3. The molecule has 2 aromatic rings. The number of carbonyl (C=O) groups excluding carboxylic acids is 3. The maximum atomic E-state index is 13.5. The van der Waals surface area contributed by atoms with Crippen LogP contribution in [0.1, 0.15) is 41.3 Å². The second-order valence-electron chi connectivity index (χ2n) is 8.78. The van der Waals surface area contributed by atoms with E-state index in [1.165, 1.54) is 0 Å². The van der Waals surface area contributed by atoms with Crippen LogP contribution in [0.4, 0.5) is 18.9 Å². The van der Waals surface area contributed by atoms with Gasteiger partial charge in [-0.25, -0.2) is 4.79 Å². The van der Waals surface area contributed by atoms with Gasteiger partial charge in [-0.2, -0.15) is 13.2 Å². The van der Waals surface area contributed by atoms with E-state index >= 15 is 0 Å². The topological polar surface area (TPSA) is 140 Å². The van der Waals surface area contributed by atoms with Crippen LogP contribution in [0, 0.1) is 10.1 Å². The molecule has 13 heteroatoms. The van der Waals surface area contributed by atoms with Crippen molar-refractivity contribution in [1.82, 2.24) is 16.0 Å². The molecule has 38 heavy (non-hydrogen) atoms. The van der Waals surface area contributed by atoms with Crippen LogP contribution < -0.4 is 16.0 Å². The van der Waals surface area contributed by atoms with Gasteiger partial charge in [0.15, 0.2) is 0 Å². The summed E-state index contributed by atoms with van der Waals surface area (Å²) in [5.41, 5.74) is -3.76. The molecule has 0 aliphatic carbocycles. The summed E-state index contributed by atoms with van der Waals surface area (Å²) in [6.07, 6.45) is -4.71. The molecule has 1 atom stereocenters. The van der Waals surface area contributed by atoms with E-state index in [2.05, 4.69) is 16.0 Å². The molecule has 1 aliphatic rings. The van der Waals surface area contributed by atoms with Gasteiger partial charge >= 0.3 is 12.1 Å². The Morgan fingerprint density at radius 2 is 1.79 bits per heavy atom. The Bertz CT molecular complexity index is 1180. The molecule has 3 N–H and O–H groups in total. The van der Waals surface area contributed by atoms with Crippen LogP contribution in [0.25, 0.3) is 0 Å². The van der Waals surface area contributed by atoms with Crippen molar-refractivity contribution in [1.29, 1.82) is 0 Å². The molecule has 3 rings (SSSR count). The van der Waals surface area contributed by atoms with E-state index in [1.807, 2.05) is 0 Å². The number of non-ortho nitro benzene ring substituents is 1. The summed E-state index contributed by atoms with van der Waals surface area (Å²) in [5.74, 6) is -2.50. The highest BCUT2D eigenvalue weighted by Crippen LogP contribution is 2.33. The molecule has 0 radical (unpaired) electrons. The van der Waals surface area contributed by atoms with Crippen molar-refractivity contribution in [3.8, 4) is 0 Å². The Balaban J connectivity index is 1.90. The first kappa shape index (κ1) is 28.6. The van der Waals surface area contributed by atoms with E-state index in [0.29, 0.717) is 31.3 Å². The Morgan fingerprint density at radius 3 is 2.37 bits per heavy atom. The quantitative estimate of drug-likeness (QED) is 0.254.